The minimum atomic E-state index is -0.585. The van der Waals surface area contributed by atoms with Crippen molar-refractivity contribution in [3.63, 3.8) is 0 Å². The number of hydrogen-bond acceptors (Lipinski definition) is 4. The normalized spacial score (nSPS) is 13.2. The Morgan fingerprint density at radius 3 is 1.68 bits per heavy atom. The Kier molecular flexibility index (Phi) is 6.81. The van der Waals surface area contributed by atoms with Gasteiger partial charge in [-0.1, -0.05) is 164 Å². The highest BCUT2D eigenvalue weighted by Crippen LogP contribution is 2.62. The zero-order chi connectivity index (χ0) is 37.5. The predicted molar refractivity (Wildman–Crippen MR) is 228 cm³/mol. The van der Waals surface area contributed by atoms with Crippen molar-refractivity contribution in [2.45, 2.75) is 5.41 Å². The van der Waals surface area contributed by atoms with Gasteiger partial charge in [0.25, 0.3) is 0 Å². The number of aromatic nitrogens is 2. The lowest BCUT2D eigenvalue weighted by atomic mass is 9.66. The molecule has 0 saturated heterocycles. The molecule has 1 aliphatic heterocycles. The van der Waals surface area contributed by atoms with Crippen LogP contribution in [0.2, 0.25) is 0 Å². The Morgan fingerprint density at radius 2 is 0.947 bits per heavy atom. The molecule has 4 heteroatoms. The lowest BCUT2D eigenvalue weighted by Crippen LogP contribution is -2.32. The van der Waals surface area contributed by atoms with Crippen molar-refractivity contribution in [1.82, 2.24) is 9.97 Å². The smallest absolute Gasteiger partial charge is 0.160 e. The van der Waals surface area contributed by atoms with Crippen LogP contribution < -0.4 is 4.74 Å². The summed E-state index contributed by atoms with van der Waals surface area (Å²) < 4.78 is 13.5. The molecule has 0 bridgehead atoms. The molecule has 0 amide bonds. The average molecular weight is 729 g/mol. The first kappa shape index (κ1) is 31.8. The van der Waals surface area contributed by atoms with Crippen LogP contribution in [0, 0.1) is 0 Å². The van der Waals surface area contributed by atoms with Crippen LogP contribution in [-0.4, -0.2) is 9.97 Å². The molecule has 57 heavy (non-hydrogen) atoms. The topological polar surface area (TPSA) is 48.2 Å². The molecule has 0 unspecified atom stereocenters. The summed E-state index contributed by atoms with van der Waals surface area (Å²) in [7, 11) is 0. The molecule has 0 N–H and O–H groups in total. The van der Waals surface area contributed by atoms with Crippen LogP contribution in [0.4, 0.5) is 0 Å². The molecule has 2 aliphatic rings. The van der Waals surface area contributed by atoms with Crippen LogP contribution in [-0.2, 0) is 5.41 Å². The van der Waals surface area contributed by atoms with E-state index in [0.717, 1.165) is 78.2 Å². The van der Waals surface area contributed by atoms with Gasteiger partial charge in [-0.2, -0.15) is 0 Å². The second kappa shape index (κ2) is 12.2. The Bertz CT molecular complexity index is 3160. The van der Waals surface area contributed by atoms with Crippen molar-refractivity contribution in [2.75, 3.05) is 0 Å². The molecule has 4 nitrogen and oxygen atoms in total. The molecule has 1 aliphatic carbocycles. The van der Waals surface area contributed by atoms with Gasteiger partial charge in [0.15, 0.2) is 5.82 Å². The molecule has 266 valence electrons. The van der Waals surface area contributed by atoms with Gasteiger partial charge in [0.1, 0.15) is 22.7 Å². The average Bonchev–Trinajstić information content (AvgIpc) is 3.80. The minimum absolute atomic E-state index is 0.585. The van der Waals surface area contributed by atoms with Crippen LogP contribution >= 0.6 is 0 Å². The van der Waals surface area contributed by atoms with Crippen molar-refractivity contribution in [1.29, 1.82) is 0 Å². The van der Waals surface area contributed by atoms with Crippen molar-refractivity contribution in [2.24, 2.45) is 0 Å². The maximum Gasteiger partial charge on any atom is 0.160 e. The summed E-state index contributed by atoms with van der Waals surface area (Å²) in [6.07, 6.45) is 0. The van der Waals surface area contributed by atoms with Crippen molar-refractivity contribution < 1.29 is 9.15 Å². The molecule has 0 saturated carbocycles. The van der Waals surface area contributed by atoms with Crippen LogP contribution in [0.15, 0.2) is 199 Å². The third kappa shape index (κ3) is 4.68. The molecular weight excluding hydrogens is 697 g/mol. The number of hydrogen-bond donors (Lipinski definition) is 0. The number of para-hydroxylation sites is 1. The number of fused-ring (bicyclic) bond motifs is 12. The molecule has 0 atom stereocenters. The fraction of sp³-hybridized carbons (Fsp3) is 0.0189. The first-order chi connectivity index (χ1) is 28.2. The van der Waals surface area contributed by atoms with E-state index in [0.29, 0.717) is 5.82 Å². The van der Waals surface area contributed by atoms with Gasteiger partial charge < -0.3 is 9.15 Å². The number of rotatable bonds is 4. The predicted octanol–water partition coefficient (Wildman–Crippen LogP) is 13.5. The number of furan rings is 1. The van der Waals surface area contributed by atoms with E-state index in [2.05, 4.69) is 158 Å². The summed E-state index contributed by atoms with van der Waals surface area (Å²) in [5.41, 5.74) is 15.1. The summed E-state index contributed by atoms with van der Waals surface area (Å²) in [6, 6.07) is 68.2. The molecule has 0 fully saturated rings. The van der Waals surface area contributed by atoms with E-state index in [4.69, 9.17) is 19.1 Å². The van der Waals surface area contributed by atoms with Crippen molar-refractivity contribution in [3.8, 4) is 67.7 Å². The van der Waals surface area contributed by atoms with E-state index < -0.39 is 5.41 Å². The minimum Gasteiger partial charge on any atom is -0.457 e. The summed E-state index contributed by atoms with van der Waals surface area (Å²) in [4.78, 5) is 10.4. The number of nitrogens with zero attached hydrogens (tertiary/aromatic N) is 2. The van der Waals surface area contributed by atoms with Gasteiger partial charge in [-0.3, -0.25) is 0 Å². The van der Waals surface area contributed by atoms with E-state index in [9.17, 15) is 0 Å². The van der Waals surface area contributed by atoms with Gasteiger partial charge >= 0.3 is 0 Å². The van der Waals surface area contributed by atoms with Crippen LogP contribution in [0.25, 0.3) is 78.1 Å². The Morgan fingerprint density at radius 1 is 0.368 bits per heavy atom. The zero-order valence-electron chi connectivity index (χ0n) is 30.7. The Hall–Kier alpha value is -7.56. The summed E-state index contributed by atoms with van der Waals surface area (Å²) >= 11 is 0. The Balaban J connectivity index is 1.10. The zero-order valence-corrected chi connectivity index (χ0v) is 30.7. The van der Waals surface area contributed by atoms with Gasteiger partial charge in [-0.15, -0.1) is 0 Å². The molecule has 12 rings (SSSR count). The lowest BCUT2D eigenvalue weighted by Gasteiger charge is -2.39. The molecular formula is C53H32N2O2. The summed E-state index contributed by atoms with van der Waals surface area (Å²) in [5, 5.41) is 2.02. The van der Waals surface area contributed by atoms with Crippen LogP contribution in [0.1, 0.15) is 22.3 Å². The molecule has 2 aromatic heterocycles. The maximum atomic E-state index is 6.80. The highest BCUT2D eigenvalue weighted by atomic mass is 16.5. The van der Waals surface area contributed by atoms with Gasteiger partial charge in [0.05, 0.1) is 16.8 Å². The fourth-order valence-corrected chi connectivity index (χ4v) is 9.30. The highest BCUT2D eigenvalue weighted by Gasteiger charge is 2.51. The van der Waals surface area contributed by atoms with E-state index in [1.807, 2.05) is 36.4 Å². The summed E-state index contributed by atoms with van der Waals surface area (Å²) in [5.74, 6) is 2.31. The first-order valence-electron chi connectivity index (χ1n) is 19.3. The Labute approximate surface area is 329 Å². The van der Waals surface area contributed by atoms with Crippen molar-refractivity contribution in [3.05, 3.63) is 216 Å². The lowest BCUT2D eigenvalue weighted by molar-refractivity contribution is 0.436. The van der Waals surface area contributed by atoms with Gasteiger partial charge in [0, 0.05) is 44.7 Å². The summed E-state index contributed by atoms with van der Waals surface area (Å²) in [6.45, 7) is 0. The van der Waals surface area contributed by atoms with E-state index >= 15 is 0 Å². The van der Waals surface area contributed by atoms with E-state index in [-0.39, 0.29) is 0 Å². The maximum absolute atomic E-state index is 6.80. The highest BCUT2D eigenvalue weighted by molar-refractivity contribution is 6.13. The molecule has 0 radical (unpaired) electrons. The van der Waals surface area contributed by atoms with Gasteiger partial charge in [0.2, 0.25) is 0 Å². The molecule has 10 aromatic rings. The molecule has 8 aromatic carbocycles. The number of benzene rings is 8. The first-order valence-corrected chi connectivity index (χ1v) is 19.3. The van der Waals surface area contributed by atoms with Crippen molar-refractivity contribution >= 4 is 21.9 Å². The van der Waals surface area contributed by atoms with E-state index in [1.54, 1.807) is 0 Å². The quantitative estimate of drug-likeness (QED) is 0.181. The second-order valence-corrected chi connectivity index (χ2v) is 14.8. The SMILES string of the molecule is c1ccc(-c2ccc(-c3cc(-c4cccc5oc6cc7c(cc6c45)C4(c5ccccc5O7)c5ccccc5-c5ccccc54)nc(-c4ccccc4)n3)cc2)cc1. The number of ether oxygens (including phenoxy) is 1. The molecule has 3 heterocycles. The monoisotopic (exact) mass is 728 g/mol. The second-order valence-electron chi connectivity index (χ2n) is 14.8. The largest absolute Gasteiger partial charge is 0.457 e. The van der Waals surface area contributed by atoms with Gasteiger partial charge in [-0.25, -0.2) is 9.97 Å². The third-order valence-corrected chi connectivity index (χ3v) is 11.8. The van der Waals surface area contributed by atoms with Gasteiger partial charge in [-0.05, 0) is 57.6 Å². The van der Waals surface area contributed by atoms with Crippen LogP contribution in [0.3, 0.4) is 0 Å². The molecule has 1 spiro atoms. The standard InChI is InChI=1S/C53H32N2O2/c1-3-14-33(15-4-1)34-26-28-35(29-27-34)45-31-46(55-52(54-45)36-16-5-2-6-17-36)39-20-13-25-48-51(39)40-30-44-50(32-49(40)57-48)56-47-24-12-11-23-43(47)53(44)41-21-9-7-18-37(41)38-19-8-10-22-42(38)53/h1-32H. The third-order valence-electron chi connectivity index (χ3n) is 11.8. The van der Waals surface area contributed by atoms with E-state index in [1.165, 1.54) is 27.8 Å². The van der Waals surface area contributed by atoms with Crippen LogP contribution in [0.5, 0.6) is 11.5 Å². The fourth-order valence-electron chi connectivity index (χ4n) is 9.30.